The van der Waals surface area contributed by atoms with Gasteiger partial charge in [0.05, 0.1) is 5.69 Å². The highest BCUT2D eigenvalue weighted by atomic mass is 32.2. The second kappa shape index (κ2) is 6.37. The van der Waals surface area contributed by atoms with Crippen LogP contribution in [0.1, 0.15) is 36.0 Å². The van der Waals surface area contributed by atoms with Crippen LogP contribution in [-0.4, -0.2) is 45.8 Å². The van der Waals surface area contributed by atoms with E-state index in [1.54, 1.807) is 24.3 Å². The van der Waals surface area contributed by atoms with Crippen LogP contribution in [0.4, 0.5) is 5.69 Å². The number of fused-ring (bicyclic) bond motifs is 2. The molecule has 0 heterocycles. The van der Waals surface area contributed by atoms with Crippen molar-refractivity contribution in [3.05, 3.63) is 29.8 Å². The summed E-state index contributed by atoms with van der Waals surface area (Å²) in [5, 5.41) is 3.14. The number of hydrogen-bond donors (Lipinski definition) is 1. The molecular formula is C17H25N3O3S. The molecule has 1 N–H and O–H groups in total. The van der Waals surface area contributed by atoms with Gasteiger partial charge in [0.25, 0.3) is 5.91 Å². The zero-order valence-electron chi connectivity index (χ0n) is 14.4. The largest absolute Gasteiger partial charge is 0.349 e. The van der Waals surface area contributed by atoms with Crippen molar-refractivity contribution in [3.8, 4) is 0 Å². The summed E-state index contributed by atoms with van der Waals surface area (Å²) in [6.45, 7) is 0. The number of hydrogen-bond acceptors (Lipinski definition) is 3. The molecule has 0 radical (unpaired) electrons. The smallest absolute Gasteiger partial charge is 0.303 e. The number of benzene rings is 1. The van der Waals surface area contributed by atoms with Crippen LogP contribution in [0.3, 0.4) is 0 Å². The van der Waals surface area contributed by atoms with Gasteiger partial charge in [-0.25, -0.2) is 0 Å². The normalized spacial score (nSPS) is 25.9. The monoisotopic (exact) mass is 351 g/mol. The Kier molecular flexibility index (Phi) is 4.57. The van der Waals surface area contributed by atoms with Gasteiger partial charge >= 0.3 is 10.2 Å². The third-order valence-electron chi connectivity index (χ3n) is 5.36. The average Bonchev–Trinajstić information content (AvgIpc) is 3.16. The van der Waals surface area contributed by atoms with Crippen molar-refractivity contribution < 1.29 is 13.2 Å². The summed E-state index contributed by atoms with van der Waals surface area (Å²) in [5.74, 6) is 1.35. The molecule has 1 amide bonds. The Labute approximate surface area is 144 Å². The van der Waals surface area contributed by atoms with Gasteiger partial charge in [-0.15, -0.1) is 0 Å². The molecule has 1 aromatic carbocycles. The van der Waals surface area contributed by atoms with Crippen LogP contribution < -0.4 is 9.62 Å². The van der Waals surface area contributed by atoms with Crippen molar-refractivity contribution in [2.24, 2.45) is 11.8 Å². The number of rotatable bonds is 5. The maximum atomic E-state index is 12.4. The number of amides is 1. The van der Waals surface area contributed by atoms with Gasteiger partial charge in [0.15, 0.2) is 0 Å². The third-order valence-corrected chi connectivity index (χ3v) is 7.18. The lowest BCUT2D eigenvalue weighted by molar-refractivity contribution is 0.0923. The first-order valence-corrected chi connectivity index (χ1v) is 9.76. The Morgan fingerprint density at radius 3 is 2.25 bits per heavy atom. The predicted molar refractivity (Wildman–Crippen MR) is 94.2 cm³/mol. The van der Waals surface area contributed by atoms with Crippen molar-refractivity contribution in [1.29, 1.82) is 0 Å². The molecule has 1 aromatic rings. The lowest BCUT2D eigenvalue weighted by Crippen LogP contribution is -2.38. The standard InChI is InChI=1S/C17H25N3O3S/c1-19(2)24(22,23)20(3)15-8-6-13(7-9-15)17(21)18-16-11-12-4-5-14(16)10-12/h6-9,12,14,16H,4-5,10-11H2,1-3H3,(H,18,21)/t12-,14-,16+/m0/s1. The van der Waals surface area contributed by atoms with Crippen LogP contribution in [0.2, 0.25) is 0 Å². The number of carbonyl (C=O) groups excluding carboxylic acids is 1. The summed E-state index contributed by atoms with van der Waals surface area (Å²) in [5.41, 5.74) is 1.09. The van der Waals surface area contributed by atoms with E-state index in [4.69, 9.17) is 0 Å². The minimum atomic E-state index is -3.52. The van der Waals surface area contributed by atoms with Gasteiger partial charge in [0, 0.05) is 32.7 Å². The molecule has 6 nitrogen and oxygen atoms in total. The molecule has 0 unspecified atom stereocenters. The maximum Gasteiger partial charge on any atom is 0.303 e. The van der Waals surface area contributed by atoms with Crippen molar-refractivity contribution in [3.63, 3.8) is 0 Å². The number of nitrogens with zero attached hydrogens (tertiary/aromatic N) is 2. The molecule has 0 spiro atoms. The summed E-state index contributed by atoms with van der Waals surface area (Å²) in [7, 11) is 0.956. The molecular weight excluding hydrogens is 326 g/mol. The van der Waals surface area contributed by atoms with E-state index < -0.39 is 10.2 Å². The van der Waals surface area contributed by atoms with E-state index >= 15 is 0 Å². The Bertz CT molecular complexity index is 715. The summed E-state index contributed by atoms with van der Waals surface area (Å²) < 4.78 is 26.6. The molecule has 2 aliphatic carbocycles. The van der Waals surface area contributed by atoms with Crippen LogP contribution in [0, 0.1) is 11.8 Å². The van der Waals surface area contributed by atoms with Crippen molar-refractivity contribution >= 4 is 21.8 Å². The van der Waals surface area contributed by atoms with Gasteiger partial charge in [-0.1, -0.05) is 6.42 Å². The fourth-order valence-electron chi connectivity index (χ4n) is 3.87. The minimum Gasteiger partial charge on any atom is -0.349 e. The van der Waals surface area contributed by atoms with Crippen molar-refractivity contribution in [1.82, 2.24) is 9.62 Å². The Hall–Kier alpha value is -1.60. The number of anilines is 1. The van der Waals surface area contributed by atoms with Gasteiger partial charge in [0.2, 0.25) is 0 Å². The Morgan fingerprint density at radius 1 is 1.08 bits per heavy atom. The fourth-order valence-corrected chi connectivity index (χ4v) is 4.75. The molecule has 0 aromatic heterocycles. The lowest BCUT2D eigenvalue weighted by Gasteiger charge is -2.24. The molecule has 24 heavy (non-hydrogen) atoms. The first-order chi connectivity index (χ1) is 11.3. The number of carbonyl (C=O) groups is 1. The lowest BCUT2D eigenvalue weighted by atomic mass is 9.95. The van der Waals surface area contributed by atoms with Crippen molar-refractivity contribution in [2.45, 2.75) is 31.7 Å². The zero-order chi connectivity index (χ0) is 17.5. The molecule has 132 valence electrons. The zero-order valence-corrected chi connectivity index (χ0v) is 15.2. The highest BCUT2D eigenvalue weighted by Crippen LogP contribution is 2.44. The molecule has 3 atom stereocenters. The van der Waals surface area contributed by atoms with E-state index in [1.807, 2.05) is 0 Å². The molecule has 3 rings (SSSR count). The van der Waals surface area contributed by atoms with E-state index in [0.29, 0.717) is 23.2 Å². The van der Waals surface area contributed by atoms with Gasteiger partial charge < -0.3 is 5.32 Å². The Morgan fingerprint density at radius 2 is 1.75 bits per heavy atom. The molecule has 7 heteroatoms. The van der Waals surface area contributed by atoms with E-state index in [0.717, 1.165) is 16.6 Å². The SMILES string of the molecule is CN(C)S(=O)(=O)N(C)c1ccc(C(=O)N[C@@H]2C[C@H]3CC[C@H]2C3)cc1. The number of nitrogens with one attached hydrogen (secondary N) is 1. The highest BCUT2D eigenvalue weighted by molar-refractivity contribution is 7.90. The average molecular weight is 351 g/mol. The van der Waals surface area contributed by atoms with Crippen LogP contribution >= 0.6 is 0 Å². The summed E-state index contributed by atoms with van der Waals surface area (Å²) in [6.07, 6.45) is 4.87. The molecule has 2 fully saturated rings. The van der Waals surface area contributed by atoms with Crippen LogP contribution in [0.15, 0.2) is 24.3 Å². The molecule has 2 aliphatic rings. The van der Waals surface area contributed by atoms with Gasteiger partial charge in [-0.2, -0.15) is 12.7 Å². The summed E-state index contributed by atoms with van der Waals surface area (Å²) >= 11 is 0. The van der Waals surface area contributed by atoms with E-state index in [1.165, 1.54) is 44.7 Å². The van der Waals surface area contributed by atoms with E-state index in [-0.39, 0.29) is 5.91 Å². The van der Waals surface area contributed by atoms with Crippen LogP contribution in [0.5, 0.6) is 0 Å². The van der Waals surface area contributed by atoms with Gasteiger partial charge in [0.1, 0.15) is 0 Å². The minimum absolute atomic E-state index is 0.0720. The highest BCUT2D eigenvalue weighted by Gasteiger charge is 2.40. The fraction of sp³-hybridized carbons (Fsp3) is 0.588. The molecule has 2 saturated carbocycles. The van der Waals surface area contributed by atoms with E-state index in [2.05, 4.69) is 5.32 Å². The van der Waals surface area contributed by atoms with Gasteiger partial charge in [-0.3, -0.25) is 9.10 Å². The quantitative estimate of drug-likeness (QED) is 0.880. The van der Waals surface area contributed by atoms with Crippen LogP contribution in [0.25, 0.3) is 0 Å². The summed E-state index contributed by atoms with van der Waals surface area (Å²) in [6, 6.07) is 6.99. The first-order valence-electron chi connectivity index (χ1n) is 8.36. The second-order valence-corrected chi connectivity index (χ2v) is 9.23. The van der Waals surface area contributed by atoms with Crippen molar-refractivity contribution in [2.75, 3.05) is 25.4 Å². The topological polar surface area (TPSA) is 69.7 Å². The summed E-state index contributed by atoms with van der Waals surface area (Å²) in [4.78, 5) is 12.4. The third kappa shape index (κ3) is 3.15. The maximum absolute atomic E-state index is 12.4. The second-order valence-electron chi connectivity index (χ2n) is 7.06. The Balaban J connectivity index is 1.67. The molecule has 2 bridgehead atoms. The predicted octanol–water partition coefficient (Wildman–Crippen LogP) is 1.85. The van der Waals surface area contributed by atoms with Crippen LogP contribution in [-0.2, 0) is 10.2 Å². The first kappa shape index (κ1) is 17.2. The van der Waals surface area contributed by atoms with Gasteiger partial charge in [-0.05, 0) is 55.4 Å². The molecule has 0 aliphatic heterocycles. The molecule has 0 saturated heterocycles. The van der Waals surface area contributed by atoms with E-state index in [9.17, 15) is 13.2 Å².